The minimum absolute atomic E-state index is 0.0423. The number of allylic oxidation sites excluding steroid dienone is 1. The summed E-state index contributed by atoms with van der Waals surface area (Å²) in [6.45, 7) is 4.68. The van der Waals surface area contributed by atoms with E-state index in [1.54, 1.807) is 17.5 Å². The molecular weight excluding hydrogens is 517 g/mol. The number of aromatic hydroxyl groups is 1. The number of rotatable bonds is 4. The number of amides is 1. The maximum atomic E-state index is 12.7. The predicted octanol–water partition coefficient (Wildman–Crippen LogP) is 6.92. The van der Waals surface area contributed by atoms with Crippen LogP contribution in [0.2, 0.25) is 0 Å². The number of alkyl halides is 3. The number of hydrogen-bond acceptors (Lipinski definition) is 6. The first-order chi connectivity index (χ1) is 17.9. The van der Waals surface area contributed by atoms with Crippen LogP contribution in [0.1, 0.15) is 47.1 Å². The van der Waals surface area contributed by atoms with E-state index in [-0.39, 0.29) is 22.6 Å². The van der Waals surface area contributed by atoms with Crippen LogP contribution in [0.4, 0.5) is 18.9 Å². The number of thiophene rings is 1. The fraction of sp³-hybridized carbons (Fsp3) is 0.250. The van der Waals surface area contributed by atoms with Crippen molar-refractivity contribution in [1.82, 2.24) is 5.32 Å². The highest BCUT2D eigenvalue weighted by molar-refractivity contribution is 7.11. The molecule has 3 N–H and O–H groups in total. The van der Waals surface area contributed by atoms with Crippen LogP contribution in [0.3, 0.4) is 0 Å². The normalized spacial score (nSPS) is 16.4. The van der Waals surface area contributed by atoms with Crippen molar-refractivity contribution < 1.29 is 32.5 Å². The fourth-order valence-corrected chi connectivity index (χ4v) is 5.78. The third-order valence-electron chi connectivity index (χ3n) is 6.32. The van der Waals surface area contributed by atoms with Gasteiger partial charge in [-0.1, -0.05) is 12.1 Å². The number of carbonyl (C=O) groups excluding carboxylic acids is 1. The largest absolute Gasteiger partial charge is 0.504 e. The number of hydrogen-bond donors (Lipinski definition) is 3. The van der Waals surface area contributed by atoms with Crippen molar-refractivity contribution in [2.45, 2.75) is 32.5 Å². The van der Waals surface area contributed by atoms with Crippen LogP contribution in [-0.2, 0) is 0 Å². The van der Waals surface area contributed by atoms with Crippen molar-refractivity contribution in [3.8, 4) is 28.4 Å². The molecule has 2 aromatic carbocycles. The highest BCUT2D eigenvalue weighted by atomic mass is 32.1. The van der Waals surface area contributed by atoms with E-state index in [9.17, 15) is 23.1 Å². The smallest absolute Gasteiger partial charge is 0.405 e. The zero-order valence-corrected chi connectivity index (χ0v) is 21.9. The standard InChI is InChI=1S/C28H25F3N2O4S/c1-14-12-27(2,3)33-17-6-5-16-23(22(14)17)20(37-19-8-7-18(34)25(36-4)24(16)19)11-21-15(9-10-38-21)26(35)32-13-28(29,30)31/h5-12,33-34H,13H2,1-4H3,(H,32,35)/b20-11-. The molecule has 0 bridgehead atoms. The molecule has 0 saturated carbocycles. The van der Waals surface area contributed by atoms with Gasteiger partial charge in [0.25, 0.3) is 5.91 Å². The lowest BCUT2D eigenvalue weighted by Gasteiger charge is -2.35. The molecule has 2 aliphatic rings. The summed E-state index contributed by atoms with van der Waals surface area (Å²) >= 11 is 1.22. The molecule has 5 rings (SSSR count). The molecule has 38 heavy (non-hydrogen) atoms. The number of ether oxygens (including phenoxy) is 2. The lowest BCUT2D eigenvalue weighted by molar-refractivity contribution is -0.123. The minimum Gasteiger partial charge on any atom is -0.504 e. The number of phenols is 1. The number of carbonyl (C=O) groups is 1. The molecule has 0 saturated heterocycles. The molecule has 10 heteroatoms. The summed E-state index contributed by atoms with van der Waals surface area (Å²) in [6.07, 6.45) is -0.751. The number of phenolic OH excluding ortho intramolecular Hbond substituents is 1. The van der Waals surface area contributed by atoms with Gasteiger partial charge in [0.1, 0.15) is 18.1 Å². The van der Waals surface area contributed by atoms with Gasteiger partial charge >= 0.3 is 6.18 Å². The van der Waals surface area contributed by atoms with Crippen molar-refractivity contribution in [3.63, 3.8) is 0 Å². The van der Waals surface area contributed by atoms with Crippen LogP contribution >= 0.6 is 11.3 Å². The molecule has 6 nitrogen and oxygen atoms in total. The van der Waals surface area contributed by atoms with Gasteiger partial charge in [0, 0.05) is 27.3 Å². The second kappa shape index (κ2) is 9.13. The first-order valence-corrected chi connectivity index (χ1v) is 12.6. The number of fused-ring (bicyclic) bond motifs is 5. The van der Waals surface area contributed by atoms with Gasteiger partial charge in [0.05, 0.1) is 23.8 Å². The monoisotopic (exact) mass is 542 g/mol. The summed E-state index contributed by atoms with van der Waals surface area (Å²) < 4.78 is 50.0. The second-order valence-electron chi connectivity index (χ2n) is 9.68. The van der Waals surface area contributed by atoms with Crippen molar-refractivity contribution in [2.75, 3.05) is 19.0 Å². The van der Waals surface area contributed by atoms with Gasteiger partial charge in [-0.15, -0.1) is 11.3 Å². The van der Waals surface area contributed by atoms with Crippen LogP contribution in [-0.4, -0.2) is 36.4 Å². The van der Waals surface area contributed by atoms with E-state index in [2.05, 4.69) is 25.2 Å². The van der Waals surface area contributed by atoms with Crippen molar-refractivity contribution >= 4 is 40.3 Å². The van der Waals surface area contributed by atoms with Gasteiger partial charge in [-0.2, -0.15) is 13.2 Å². The molecule has 1 aromatic heterocycles. The summed E-state index contributed by atoms with van der Waals surface area (Å²) in [5.41, 5.74) is 4.60. The lowest BCUT2D eigenvalue weighted by atomic mass is 9.83. The van der Waals surface area contributed by atoms with Crippen LogP contribution in [0.15, 0.2) is 41.8 Å². The van der Waals surface area contributed by atoms with Gasteiger partial charge in [-0.25, -0.2) is 0 Å². The fourth-order valence-electron chi connectivity index (χ4n) is 4.96. The molecule has 0 radical (unpaired) electrons. The average Bonchev–Trinajstić information content (AvgIpc) is 3.29. The Bertz CT molecular complexity index is 1520. The SMILES string of the molecule is COc1c(O)ccc2c1-c1ccc3c(c1/C(=C/c1sccc1C(=O)NCC(F)(F)F)O2)C(C)=CC(C)(C)N3. The van der Waals surface area contributed by atoms with E-state index < -0.39 is 18.6 Å². The molecule has 0 aliphatic carbocycles. The zero-order valence-electron chi connectivity index (χ0n) is 21.0. The number of methoxy groups -OCH3 is 1. The number of halogens is 3. The van der Waals surface area contributed by atoms with Crippen LogP contribution in [0.5, 0.6) is 17.2 Å². The number of nitrogens with one attached hydrogen (secondary N) is 2. The Hall–Kier alpha value is -3.92. The van der Waals surface area contributed by atoms with Gasteiger partial charge in [-0.3, -0.25) is 4.79 Å². The van der Waals surface area contributed by atoms with Crippen molar-refractivity contribution in [3.05, 3.63) is 63.4 Å². The Balaban J connectivity index is 1.71. The number of benzene rings is 2. The summed E-state index contributed by atoms with van der Waals surface area (Å²) in [5, 5.41) is 17.6. The Morgan fingerprint density at radius 3 is 2.66 bits per heavy atom. The van der Waals surface area contributed by atoms with Crippen LogP contribution in [0.25, 0.3) is 28.5 Å². The summed E-state index contributed by atoms with van der Waals surface area (Å²) in [4.78, 5) is 13.0. The quantitative estimate of drug-likeness (QED) is 0.334. The minimum atomic E-state index is -4.52. The van der Waals surface area contributed by atoms with Gasteiger partial charge in [0.2, 0.25) is 0 Å². The molecular formula is C28H25F3N2O4S. The Labute approximate surface area is 221 Å². The molecule has 0 spiro atoms. The molecule has 198 valence electrons. The average molecular weight is 543 g/mol. The Morgan fingerprint density at radius 1 is 1.18 bits per heavy atom. The molecule has 0 unspecified atom stereocenters. The third-order valence-corrected chi connectivity index (χ3v) is 7.19. The van der Waals surface area contributed by atoms with E-state index in [1.807, 2.05) is 24.4 Å². The molecule has 3 heterocycles. The molecule has 2 aliphatic heterocycles. The third kappa shape index (κ3) is 4.60. The second-order valence-corrected chi connectivity index (χ2v) is 10.6. The molecule has 3 aromatic rings. The van der Waals surface area contributed by atoms with Crippen LogP contribution < -0.4 is 20.1 Å². The summed E-state index contributed by atoms with van der Waals surface area (Å²) in [7, 11) is 1.46. The summed E-state index contributed by atoms with van der Waals surface area (Å²) in [5.74, 6) is 0.242. The predicted molar refractivity (Wildman–Crippen MR) is 143 cm³/mol. The molecule has 0 atom stereocenters. The van der Waals surface area contributed by atoms with Gasteiger partial charge in [0.15, 0.2) is 11.5 Å². The van der Waals surface area contributed by atoms with Crippen molar-refractivity contribution in [1.29, 1.82) is 0 Å². The van der Waals surface area contributed by atoms with E-state index >= 15 is 0 Å². The zero-order chi connectivity index (χ0) is 27.4. The molecule has 1 amide bonds. The highest BCUT2D eigenvalue weighted by Gasteiger charge is 2.34. The van der Waals surface area contributed by atoms with E-state index in [1.165, 1.54) is 30.6 Å². The van der Waals surface area contributed by atoms with Gasteiger partial charge in [-0.05, 0) is 62.1 Å². The number of anilines is 1. The molecule has 0 fully saturated rings. The van der Waals surface area contributed by atoms with E-state index in [4.69, 9.17) is 9.47 Å². The van der Waals surface area contributed by atoms with Crippen LogP contribution in [0, 0.1) is 0 Å². The highest BCUT2D eigenvalue weighted by Crippen LogP contribution is 2.54. The first kappa shape index (κ1) is 25.7. The van der Waals surface area contributed by atoms with E-state index in [0.717, 1.165) is 22.4 Å². The van der Waals surface area contributed by atoms with E-state index in [0.29, 0.717) is 27.5 Å². The Morgan fingerprint density at radius 2 is 1.95 bits per heavy atom. The summed E-state index contributed by atoms with van der Waals surface area (Å²) in [6, 6.07) is 8.45. The maximum Gasteiger partial charge on any atom is 0.405 e. The van der Waals surface area contributed by atoms with Crippen molar-refractivity contribution in [2.24, 2.45) is 0 Å². The first-order valence-electron chi connectivity index (χ1n) is 11.8. The Kier molecular flexibility index (Phi) is 6.18. The van der Waals surface area contributed by atoms with Gasteiger partial charge < -0.3 is 25.2 Å². The topological polar surface area (TPSA) is 79.8 Å². The lowest BCUT2D eigenvalue weighted by Crippen LogP contribution is -2.33. The maximum absolute atomic E-state index is 12.7.